The molecule has 1 atom stereocenters. The maximum absolute atomic E-state index is 4.64. The molecule has 12 rings (SSSR count). The van der Waals surface area contributed by atoms with Crippen molar-refractivity contribution in [2.24, 2.45) is 4.99 Å². The van der Waals surface area contributed by atoms with Crippen molar-refractivity contribution in [3.63, 3.8) is 0 Å². The monoisotopic (exact) mass is 1050 g/mol. The summed E-state index contributed by atoms with van der Waals surface area (Å²) in [7, 11) is 0. The second kappa shape index (κ2) is 22.7. The average molecular weight is 1050 g/mol. The topological polar surface area (TPSA) is 52.1 Å². The number of para-hydroxylation sites is 1. The van der Waals surface area contributed by atoms with E-state index in [0.29, 0.717) is 6.42 Å². The Morgan fingerprint density at radius 3 is 2.21 bits per heavy atom. The van der Waals surface area contributed by atoms with E-state index in [1.165, 1.54) is 32.7 Å². The van der Waals surface area contributed by atoms with Crippen molar-refractivity contribution in [2.45, 2.75) is 46.6 Å². The molecule has 7 aromatic carbocycles. The van der Waals surface area contributed by atoms with E-state index in [2.05, 4.69) is 288 Å². The van der Waals surface area contributed by atoms with E-state index in [-0.39, 0.29) is 6.04 Å². The van der Waals surface area contributed by atoms with Crippen LogP contribution in [0.1, 0.15) is 51.7 Å². The van der Waals surface area contributed by atoms with E-state index in [1.54, 1.807) is 0 Å². The number of nitrogens with zero attached hydrogens (tertiary/aromatic N) is 5. The zero-order chi connectivity index (χ0) is 55.4. The highest BCUT2D eigenvalue weighted by Gasteiger charge is 2.21. The molecule has 1 aliphatic heterocycles. The van der Waals surface area contributed by atoms with E-state index in [9.17, 15) is 0 Å². The SMILES string of the molecule is C=C/C=c1\c(=C/C/C(C=C)=C/C=C\CC)c2cc3c(cc2n1-c1ccc(C(/C=C\C)=C/C=C(\C)n2c4ccc(-c5ccccc5)cc4c4cc5c6ccccc6n(-c6ccncc6)c5cc42)cc1)NC(C)C=N/C=C\c1ccccc1-3. The lowest BCUT2D eigenvalue weighted by atomic mass is 9.95. The van der Waals surface area contributed by atoms with Gasteiger partial charge in [-0.3, -0.25) is 9.98 Å². The molecule has 1 aliphatic rings. The first-order valence-corrected chi connectivity index (χ1v) is 28.0. The first-order valence-electron chi connectivity index (χ1n) is 28.0. The van der Waals surface area contributed by atoms with E-state index in [0.717, 1.165) is 106 Å². The van der Waals surface area contributed by atoms with Gasteiger partial charge in [0.25, 0.3) is 0 Å². The lowest BCUT2D eigenvalue weighted by Crippen LogP contribution is -2.28. The highest BCUT2D eigenvalue weighted by Crippen LogP contribution is 2.41. The van der Waals surface area contributed by atoms with Crippen LogP contribution in [0.15, 0.2) is 255 Å². The molecule has 6 heteroatoms. The number of hydrogen-bond donors (Lipinski definition) is 1. The van der Waals surface area contributed by atoms with Gasteiger partial charge >= 0.3 is 0 Å². The minimum Gasteiger partial charge on any atom is -0.377 e. The van der Waals surface area contributed by atoms with Crippen molar-refractivity contribution < 1.29 is 0 Å². The van der Waals surface area contributed by atoms with Crippen molar-refractivity contribution in [3.05, 3.63) is 271 Å². The number of pyridine rings is 1. The Balaban J connectivity index is 1.01. The quantitative estimate of drug-likeness (QED) is 0.117. The number of aliphatic imine (C=N–C) groups is 1. The Bertz CT molecular complexity index is 4600. The van der Waals surface area contributed by atoms with Crippen molar-refractivity contribution in [3.8, 4) is 33.6 Å². The van der Waals surface area contributed by atoms with E-state index >= 15 is 0 Å². The number of benzene rings is 7. The summed E-state index contributed by atoms with van der Waals surface area (Å²) in [5, 5.41) is 12.0. The number of nitrogens with one attached hydrogen (secondary N) is 1. The van der Waals surface area contributed by atoms with Gasteiger partial charge in [0.1, 0.15) is 0 Å². The summed E-state index contributed by atoms with van der Waals surface area (Å²) >= 11 is 0. The fourth-order valence-electron chi connectivity index (χ4n) is 11.7. The molecule has 0 amide bonds. The van der Waals surface area contributed by atoms with Crippen LogP contribution in [0.25, 0.3) is 118 Å². The molecular weight excluding hydrogens is 985 g/mol. The number of fused-ring (bicyclic) bond motifs is 10. The van der Waals surface area contributed by atoms with E-state index < -0.39 is 0 Å². The third kappa shape index (κ3) is 9.87. The highest BCUT2D eigenvalue weighted by molar-refractivity contribution is 6.20. The molecular formula is C75H64N6. The maximum atomic E-state index is 4.64. The van der Waals surface area contributed by atoms with Crippen LogP contribution in [-0.4, -0.2) is 30.9 Å². The van der Waals surface area contributed by atoms with Crippen molar-refractivity contribution in [1.82, 2.24) is 18.7 Å². The van der Waals surface area contributed by atoms with Gasteiger partial charge in [0, 0.05) is 85.3 Å². The standard InChI is InChI=1S/C75H64N6/c1-7-11-13-22-53(10-4)30-37-63-66-46-64-61-26-17-16-25-57(61)39-42-77-50-51(5)78-69(64)48-73(66)80(70(63)21-9-3)59-35-32-56(33-36-59)54(20-8-2)31-29-52(6)79-72-38-34-58(55-23-14-12-15-24-55)45-65(72)68-47-67-62-27-18-19-28-71(62)81(75(67)49-74(68)79)60-40-43-76-44-41-60/h8-29,31-51,78H,3-4,7,30H2,1-2,5-6H3/b13-11-,20-8-,42-39-,52-29+,53-22+,54-31+,63-37-,70-21+,77-50?. The van der Waals surface area contributed by atoms with Crippen molar-refractivity contribution in [2.75, 3.05) is 5.32 Å². The number of aromatic nitrogens is 4. The molecule has 1 unspecified atom stereocenters. The molecule has 0 saturated heterocycles. The fourth-order valence-corrected chi connectivity index (χ4v) is 11.7. The van der Waals surface area contributed by atoms with Crippen LogP contribution in [0.5, 0.6) is 0 Å². The molecule has 81 heavy (non-hydrogen) atoms. The first-order chi connectivity index (χ1) is 39.8. The Labute approximate surface area is 474 Å². The molecule has 394 valence electrons. The normalized spacial score (nSPS) is 15.2. The number of allylic oxidation sites excluding steroid dienone is 12. The van der Waals surface area contributed by atoms with Gasteiger partial charge in [0.05, 0.1) is 39.0 Å². The van der Waals surface area contributed by atoms with Gasteiger partial charge in [-0.2, -0.15) is 0 Å². The lowest BCUT2D eigenvalue weighted by Gasteiger charge is -2.19. The highest BCUT2D eigenvalue weighted by atomic mass is 15.0. The summed E-state index contributed by atoms with van der Waals surface area (Å²) in [4.78, 5) is 9.01. The second-order valence-electron chi connectivity index (χ2n) is 20.6. The first kappa shape index (κ1) is 51.7. The predicted molar refractivity (Wildman–Crippen MR) is 350 cm³/mol. The molecule has 0 spiro atoms. The summed E-state index contributed by atoms with van der Waals surface area (Å²) in [6, 6.07) is 57.5. The summed E-state index contributed by atoms with van der Waals surface area (Å²) < 4.78 is 7.18. The zero-order valence-corrected chi connectivity index (χ0v) is 46.4. The van der Waals surface area contributed by atoms with Gasteiger partial charge in [-0.05, 0) is 158 Å². The number of hydrogen-bond acceptors (Lipinski definition) is 3. The molecule has 5 heterocycles. The van der Waals surface area contributed by atoms with Crippen LogP contribution in [0.3, 0.4) is 0 Å². The van der Waals surface area contributed by atoms with E-state index in [1.807, 2.05) is 37.0 Å². The lowest BCUT2D eigenvalue weighted by molar-refractivity contribution is 1.06. The number of anilines is 1. The third-order valence-electron chi connectivity index (χ3n) is 15.5. The van der Waals surface area contributed by atoms with Crippen LogP contribution in [-0.2, 0) is 0 Å². The van der Waals surface area contributed by atoms with E-state index in [4.69, 9.17) is 0 Å². The minimum atomic E-state index is -0.0148. The van der Waals surface area contributed by atoms with Crippen LogP contribution in [0.2, 0.25) is 0 Å². The molecule has 0 aliphatic carbocycles. The minimum absolute atomic E-state index is 0.0148. The molecule has 0 radical (unpaired) electrons. The van der Waals surface area contributed by atoms with Crippen molar-refractivity contribution >= 4 is 95.9 Å². The van der Waals surface area contributed by atoms with Crippen LogP contribution >= 0.6 is 0 Å². The molecule has 0 fully saturated rings. The molecule has 0 bridgehead atoms. The van der Waals surface area contributed by atoms with Crippen LogP contribution in [0, 0.1) is 0 Å². The number of rotatable bonds is 13. The van der Waals surface area contributed by atoms with Gasteiger partial charge in [0.2, 0.25) is 0 Å². The Morgan fingerprint density at radius 2 is 1.41 bits per heavy atom. The predicted octanol–water partition coefficient (Wildman–Crippen LogP) is 18.2. The van der Waals surface area contributed by atoms with Gasteiger partial charge in [-0.15, -0.1) is 0 Å². The average Bonchev–Trinajstić information content (AvgIpc) is 3.27. The van der Waals surface area contributed by atoms with Gasteiger partial charge in [0.15, 0.2) is 0 Å². The maximum Gasteiger partial charge on any atom is 0.0588 e. The van der Waals surface area contributed by atoms with Gasteiger partial charge < -0.3 is 19.0 Å². The van der Waals surface area contributed by atoms with Crippen LogP contribution < -0.4 is 15.9 Å². The third-order valence-corrected chi connectivity index (χ3v) is 15.5. The molecule has 6 nitrogen and oxygen atoms in total. The summed E-state index contributed by atoms with van der Waals surface area (Å²) in [6.07, 6.45) is 35.0. The molecule has 0 saturated carbocycles. The van der Waals surface area contributed by atoms with Crippen LogP contribution in [0.4, 0.5) is 5.69 Å². The smallest absolute Gasteiger partial charge is 0.0588 e. The summed E-state index contributed by atoms with van der Waals surface area (Å²) in [5.41, 5.74) is 19.1. The van der Waals surface area contributed by atoms with Crippen molar-refractivity contribution in [1.29, 1.82) is 0 Å². The molecule has 4 aromatic heterocycles. The Kier molecular flexibility index (Phi) is 14.5. The summed E-state index contributed by atoms with van der Waals surface area (Å²) in [6.45, 7) is 17.0. The molecule has 11 aromatic rings. The van der Waals surface area contributed by atoms with Gasteiger partial charge in [-0.1, -0.05) is 166 Å². The Hall–Kier alpha value is -10.0. The fraction of sp³-hybridized carbons (Fsp3) is 0.0933. The molecule has 1 N–H and O–H groups in total. The van der Waals surface area contributed by atoms with Gasteiger partial charge in [-0.25, -0.2) is 0 Å². The Morgan fingerprint density at radius 1 is 0.654 bits per heavy atom. The second-order valence-corrected chi connectivity index (χ2v) is 20.6. The largest absolute Gasteiger partial charge is 0.377 e. The zero-order valence-electron chi connectivity index (χ0n) is 46.4. The summed E-state index contributed by atoms with van der Waals surface area (Å²) in [5.74, 6) is 0.